The van der Waals surface area contributed by atoms with Gasteiger partial charge >= 0.3 is 6.09 Å². The predicted molar refractivity (Wildman–Crippen MR) is 184 cm³/mol. The molecular formula is C37H56N4O7. The Bertz CT molecular complexity index is 1360. The second-order valence-corrected chi connectivity index (χ2v) is 15.9. The fraction of sp³-hybridized carbons (Fsp3) is 0.730. The smallest absolute Gasteiger partial charge is 0.410 e. The largest absolute Gasteiger partial charge is 0.476 e. The van der Waals surface area contributed by atoms with Crippen molar-refractivity contribution in [3.05, 3.63) is 18.2 Å². The molecule has 0 radical (unpaired) electrons. The number of rotatable bonds is 9. The molecule has 0 aromatic heterocycles. The average Bonchev–Trinajstić information content (AvgIpc) is 3.85. The van der Waals surface area contributed by atoms with E-state index in [0.29, 0.717) is 55.0 Å². The predicted octanol–water partition coefficient (Wildman–Crippen LogP) is 5.54. The van der Waals surface area contributed by atoms with E-state index in [4.69, 9.17) is 14.2 Å². The first-order valence-corrected chi connectivity index (χ1v) is 17.8. The SMILES string of the molecule is COCCCN1C(=O)C(C)(C)Oc2ccc(N(C(=O)[C@@H]3C[C@H](C(=O)NC4C(C)CCCC4C)CN(C(=O)OC(C)(C)C)C3)C3CC3)cc21. The zero-order chi connectivity index (χ0) is 35.0. The zero-order valence-electron chi connectivity index (χ0n) is 30.2. The van der Waals surface area contributed by atoms with Crippen molar-refractivity contribution in [3.8, 4) is 5.75 Å². The highest BCUT2D eigenvalue weighted by Crippen LogP contribution is 2.43. The number of piperidine rings is 1. The van der Waals surface area contributed by atoms with Crippen LogP contribution in [0.25, 0.3) is 0 Å². The van der Waals surface area contributed by atoms with E-state index in [0.717, 1.165) is 32.1 Å². The van der Waals surface area contributed by atoms with Gasteiger partial charge in [0.1, 0.15) is 11.4 Å². The highest BCUT2D eigenvalue weighted by Gasteiger charge is 2.45. The van der Waals surface area contributed by atoms with Gasteiger partial charge in [0.25, 0.3) is 5.91 Å². The van der Waals surface area contributed by atoms with E-state index < -0.39 is 29.1 Å². The third-order valence-corrected chi connectivity index (χ3v) is 10.2. The molecule has 2 unspecified atom stereocenters. The van der Waals surface area contributed by atoms with Crippen molar-refractivity contribution in [3.63, 3.8) is 0 Å². The van der Waals surface area contributed by atoms with E-state index in [9.17, 15) is 19.2 Å². The molecule has 48 heavy (non-hydrogen) atoms. The Balaban J connectivity index is 1.43. The second-order valence-electron chi connectivity index (χ2n) is 15.9. The molecule has 3 fully saturated rings. The molecule has 5 rings (SSSR count). The third kappa shape index (κ3) is 8.09. The lowest BCUT2D eigenvalue weighted by Crippen LogP contribution is -2.56. The quantitative estimate of drug-likeness (QED) is 0.344. The summed E-state index contributed by atoms with van der Waals surface area (Å²) < 4.78 is 17.1. The fourth-order valence-electron chi connectivity index (χ4n) is 7.53. The number of methoxy groups -OCH3 is 1. The first kappa shape index (κ1) is 36.0. The lowest BCUT2D eigenvalue weighted by molar-refractivity contribution is -0.133. The number of amides is 4. The van der Waals surface area contributed by atoms with Gasteiger partial charge in [-0.05, 0) is 103 Å². The van der Waals surface area contributed by atoms with Crippen LogP contribution in [-0.2, 0) is 23.9 Å². The van der Waals surface area contributed by atoms with Crippen molar-refractivity contribution in [2.24, 2.45) is 23.7 Å². The van der Waals surface area contributed by atoms with Crippen molar-refractivity contribution in [1.82, 2.24) is 10.2 Å². The number of nitrogens with one attached hydrogen (secondary N) is 1. The molecule has 266 valence electrons. The third-order valence-electron chi connectivity index (χ3n) is 10.2. The van der Waals surface area contributed by atoms with Gasteiger partial charge in [0.05, 0.1) is 17.5 Å². The average molecular weight is 669 g/mol. The number of anilines is 2. The van der Waals surface area contributed by atoms with Gasteiger partial charge < -0.3 is 34.2 Å². The van der Waals surface area contributed by atoms with Crippen molar-refractivity contribution in [2.75, 3.05) is 43.2 Å². The molecule has 4 aliphatic rings. The van der Waals surface area contributed by atoms with Crippen molar-refractivity contribution in [2.45, 2.75) is 117 Å². The molecule has 0 bridgehead atoms. The van der Waals surface area contributed by atoms with Crippen LogP contribution in [0.2, 0.25) is 0 Å². The summed E-state index contributed by atoms with van der Waals surface area (Å²) in [6.07, 6.45) is 5.47. The molecular weight excluding hydrogens is 612 g/mol. The van der Waals surface area contributed by atoms with Crippen LogP contribution in [0.3, 0.4) is 0 Å². The summed E-state index contributed by atoms with van der Waals surface area (Å²) in [5.74, 6) is -0.217. The highest BCUT2D eigenvalue weighted by atomic mass is 16.6. The lowest BCUT2D eigenvalue weighted by atomic mass is 9.78. The minimum Gasteiger partial charge on any atom is -0.476 e. The molecule has 2 aliphatic carbocycles. The van der Waals surface area contributed by atoms with Crippen LogP contribution in [0, 0.1) is 23.7 Å². The summed E-state index contributed by atoms with van der Waals surface area (Å²) in [7, 11) is 1.64. The molecule has 0 spiro atoms. The number of fused-ring (bicyclic) bond motifs is 1. The number of carbonyl (C=O) groups is 4. The van der Waals surface area contributed by atoms with Crippen LogP contribution in [0.4, 0.5) is 16.2 Å². The van der Waals surface area contributed by atoms with Crippen LogP contribution in [-0.4, -0.2) is 85.4 Å². The number of nitrogens with zero attached hydrogens (tertiary/aromatic N) is 3. The number of hydrogen-bond acceptors (Lipinski definition) is 7. The van der Waals surface area contributed by atoms with Crippen LogP contribution in [0.5, 0.6) is 5.75 Å². The van der Waals surface area contributed by atoms with Gasteiger partial charge in [-0.3, -0.25) is 14.4 Å². The highest BCUT2D eigenvalue weighted by molar-refractivity contribution is 6.04. The van der Waals surface area contributed by atoms with Crippen LogP contribution in [0.15, 0.2) is 18.2 Å². The van der Waals surface area contributed by atoms with Crippen LogP contribution in [0.1, 0.15) is 93.4 Å². The normalized spacial score (nSPS) is 27.1. The molecule has 1 aromatic rings. The number of benzene rings is 1. The van der Waals surface area contributed by atoms with Gasteiger partial charge in [0.2, 0.25) is 11.8 Å². The Kier molecular flexibility index (Phi) is 10.7. The zero-order valence-corrected chi connectivity index (χ0v) is 30.2. The molecule has 2 saturated carbocycles. The summed E-state index contributed by atoms with van der Waals surface area (Å²) in [6.45, 7) is 14.7. The number of ether oxygens (including phenoxy) is 3. The molecule has 1 aromatic carbocycles. The van der Waals surface area contributed by atoms with Crippen LogP contribution < -0.4 is 19.9 Å². The van der Waals surface area contributed by atoms with Crippen molar-refractivity contribution >= 4 is 35.2 Å². The first-order chi connectivity index (χ1) is 22.6. The van der Waals surface area contributed by atoms with E-state index in [-0.39, 0.29) is 42.9 Å². The number of hydrogen-bond donors (Lipinski definition) is 1. The van der Waals surface area contributed by atoms with E-state index in [1.165, 1.54) is 0 Å². The molecule has 4 amide bonds. The monoisotopic (exact) mass is 668 g/mol. The maximum atomic E-state index is 14.6. The van der Waals surface area contributed by atoms with E-state index in [1.54, 1.807) is 30.8 Å². The van der Waals surface area contributed by atoms with Crippen molar-refractivity contribution in [1.29, 1.82) is 0 Å². The summed E-state index contributed by atoms with van der Waals surface area (Å²) in [5, 5.41) is 3.32. The topological polar surface area (TPSA) is 118 Å². The first-order valence-electron chi connectivity index (χ1n) is 17.8. The van der Waals surface area contributed by atoms with E-state index in [2.05, 4.69) is 19.2 Å². The van der Waals surface area contributed by atoms with Crippen LogP contribution >= 0.6 is 0 Å². The summed E-state index contributed by atoms with van der Waals surface area (Å²) >= 11 is 0. The maximum Gasteiger partial charge on any atom is 0.410 e. The maximum absolute atomic E-state index is 14.6. The standard InChI is InChI=1S/C37H56N4O7/c1-23-11-9-12-24(2)31(23)38-32(42)25-19-26(22-39(21-25)35(45)48-36(3,4)5)33(43)41(27-13-14-27)28-15-16-30-29(20-28)40(17-10-18-46-8)34(44)37(6,7)47-30/h15-16,20,23-27,31H,9-14,17-19,21-22H2,1-8H3,(H,38,42)/t23?,24?,25-,26+,31?/m0/s1. The molecule has 1 N–H and O–H groups in total. The van der Waals surface area contributed by atoms with Crippen molar-refractivity contribution < 1.29 is 33.4 Å². The van der Waals surface area contributed by atoms with Gasteiger partial charge in [-0.2, -0.15) is 0 Å². The summed E-state index contributed by atoms with van der Waals surface area (Å²) in [4.78, 5) is 60.5. The molecule has 11 heteroatoms. The Morgan fingerprint density at radius 3 is 2.33 bits per heavy atom. The molecule has 11 nitrogen and oxygen atoms in total. The van der Waals surface area contributed by atoms with Gasteiger partial charge in [-0.15, -0.1) is 0 Å². The fourth-order valence-corrected chi connectivity index (χ4v) is 7.53. The van der Waals surface area contributed by atoms with Gasteiger partial charge in [0.15, 0.2) is 5.60 Å². The summed E-state index contributed by atoms with van der Waals surface area (Å²) in [5.41, 5.74) is -0.443. The molecule has 1 saturated heterocycles. The van der Waals surface area contributed by atoms with E-state index >= 15 is 0 Å². The molecule has 2 aliphatic heterocycles. The van der Waals surface area contributed by atoms with E-state index in [1.807, 2.05) is 43.9 Å². The second kappa shape index (κ2) is 14.3. The summed E-state index contributed by atoms with van der Waals surface area (Å²) in [6, 6.07) is 5.65. The Morgan fingerprint density at radius 1 is 1.04 bits per heavy atom. The Labute approximate surface area is 286 Å². The molecule has 2 heterocycles. The van der Waals surface area contributed by atoms with Gasteiger partial charge in [-0.1, -0.05) is 20.3 Å². The van der Waals surface area contributed by atoms with Gasteiger partial charge in [-0.25, -0.2) is 4.79 Å². The Morgan fingerprint density at radius 2 is 1.71 bits per heavy atom. The lowest BCUT2D eigenvalue weighted by Gasteiger charge is -2.41. The number of carbonyl (C=O) groups excluding carboxylic acids is 4. The Hall–Kier alpha value is -3.34. The van der Waals surface area contributed by atoms with Gasteiger partial charge in [0, 0.05) is 51.1 Å². The minimum absolute atomic E-state index is 0.00209. The molecule has 4 atom stereocenters. The number of likely N-dealkylation sites (tertiary alicyclic amines) is 1. The minimum atomic E-state index is -1.02.